The molecule has 5 heteroatoms. The SMILES string of the molecule is CCSCC(=O)NC[C@H](c1ccc(F)cc1)N1CCCC1. The quantitative estimate of drug-likeness (QED) is 0.840. The third kappa shape index (κ3) is 5.00. The van der Waals surface area contributed by atoms with Crippen molar-refractivity contribution in [2.45, 2.75) is 25.8 Å². The Morgan fingerprint density at radius 3 is 2.62 bits per heavy atom. The second kappa shape index (κ2) is 8.39. The number of nitrogens with one attached hydrogen (secondary N) is 1. The minimum atomic E-state index is -0.220. The average Bonchev–Trinajstić information content (AvgIpc) is 3.01. The molecule has 1 heterocycles. The largest absolute Gasteiger partial charge is 0.353 e. The van der Waals surface area contributed by atoms with Gasteiger partial charge < -0.3 is 5.32 Å². The molecule has 1 aliphatic rings. The maximum Gasteiger partial charge on any atom is 0.230 e. The van der Waals surface area contributed by atoms with Crippen LogP contribution < -0.4 is 5.32 Å². The van der Waals surface area contributed by atoms with E-state index in [2.05, 4.69) is 10.2 Å². The summed E-state index contributed by atoms with van der Waals surface area (Å²) in [6.45, 7) is 4.72. The van der Waals surface area contributed by atoms with Crippen LogP contribution in [0.2, 0.25) is 0 Å². The van der Waals surface area contributed by atoms with E-state index < -0.39 is 0 Å². The number of rotatable bonds is 7. The van der Waals surface area contributed by atoms with Crippen molar-refractivity contribution >= 4 is 17.7 Å². The highest BCUT2D eigenvalue weighted by atomic mass is 32.2. The number of amides is 1. The molecule has 116 valence electrons. The van der Waals surface area contributed by atoms with E-state index in [1.165, 1.54) is 25.0 Å². The zero-order valence-corrected chi connectivity index (χ0v) is 13.3. The van der Waals surface area contributed by atoms with Crippen molar-refractivity contribution in [1.29, 1.82) is 0 Å². The van der Waals surface area contributed by atoms with Crippen molar-refractivity contribution in [3.63, 3.8) is 0 Å². The number of likely N-dealkylation sites (tertiary alicyclic amines) is 1. The van der Waals surface area contributed by atoms with Crippen molar-refractivity contribution in [3.05, 3.63) is 35.6 Å². The molecule has 1 saturated heterocycles. The van der Waals surface area contributed by atoms with Crippen LogP contribution in [0, 0.1) is 5.82 Å². The van der Waals surface area contributed by atoms with E-state index in [-0.39, 0.29) is 17.8 Å². The molecule has 1 amide bonds. The maximum atomic E-state index is 13.1. The van der Waals surface area contributed by atoms with E-state index in [1.807, 2.05) is 19.1 Å². The molecule has 1 aromatic rings. The normalized spacial score (nSPS) is 16.9. The molecule has 0 bridgehead atoms. The summed E-state index contributed by atoms with van der Waals surface area (Å²) in [5, 5.41) is 3.01. The van der Waals surface area contributed by atoms with Crippen LogP contribution in [0.25, 0.3) is 0 Å². The summed E-state index contributed by atoms with van der Waals surface area (Å²) in [6, 6.07) is 6.78. The van der Waals surface area contributed by atoms with Gasteiger partial charge in [-0.15, -0.1) is 0 Å². The maximum absolute atomic E-state index is 13.1. The molecule has 0 saturated carbocycles. The number of thioether (sulfide) groups is 1. The Morgan fingerprint density at radius 2 is 2.00 bits per heavy atom. The lowest BCUT2D eigenvalue weighted by atomic mass is 10.1. The second-order valence-electron chi connectivity index (χ2n) is 5.25. The van der Waals surface area contributed by atoms with E-state index >= 15 is 0 Å². The first-order valence-corrected chi connectivity index (χ1v) is 8.70. The molecular formula is C16H23FN2OS. The van der Waals surface area contributed by atoms with Crippen molar-refractivity contribution in [2.24, 2.45) is 0 Å². The first kappa shape index (κ1) is 16.3. The predicted molar refractivity (Wildman–Crippen MR) is 86.0 cm³/mol. The zero-order chi connectivity index (χ0) is 15.1. The Bertz CT molecular complexity index is 446. The van der Waals surface area contributed by atoms with E-state index in [9.17, 15) is 9.18 Å². The molecule has 3 nitrogen and oxygen atoms in total. The molecule has 21 heavy (non-hydrogen) atoms. The number of hydrogen-bond acceptors (Lipinski definition) is 3. The van der Waals surface area contributed by atoms with E-state index in [1.54, 1.807) is 11.8 Å². The Labute approximate surface area is 130 Å². The highest BCUT2D eigenvalue weighted by Crippen LogP contribution is 2.24. The first-order chi connectivity index (χ1) is 10.2. The Kier molecular flexibility index (Phi) is 6.51. The van der Waals surface area contributed by atoms with Gasteiger partial charge in [0.2, 0.25) is 5.91 Å². The minimum absolute atomic E-state index is 0.0770. The Hall–Kier alpha value is -1.07. The fourth-order valence-corrected chi connectivity index (χ4v) is 3.14. The highest BCUT2D eigenvalue weighted by Gasteiger charge is 2.23. The summed E-state index contributed by atoms with van der Waals surface area (Å²) in [4.78, 5) is 14.2. The van der Waals surface area contributed by atoms with Gasteiger partial charge in [0.15, 0.2) is 0 Å². The Balaban J connectivity index is 1.98. The summed E-state index contributed by atoms with van der Waals surface area (Å²) in [5.74, 6) is 1.31. The van der Waals surface area contributed by atoms with Crippen LogP contribution in [0.4, 0.5) is 4.39 Å². The van der Waals surface area contributed by atoms with E-state index in [0.717, 1.165) is 24.4 Å². The molecule has 2 rings (SSSR count). The molecule has 0 radical (unpaired) electrons. The van der Waals surface area contributed by atoms with Gasteiger partial charge in [0.25, 0.3) is 0 Å². The average molecular weight is 310 g/mol. The highest BCUT2D eigenvalue weighted by molar-refractivity contribution is 7.99. The summed E-state index contributed by atoms with van der Waals surface area (Å²) in [7, 11) is 0. The Morgan fingerprint density at radius 1 is 1.33 bits per heavy atom. The van der Waals surface area contributed by atoms with Gasteiger partial charge in [-0.2, -0.15) is 11.8 Å². The number of carbonyl (C=O) groups excluding carboxylic acids is 1. The van der Waals surface area contributed by atoms with Gasteiger partial charge in [0.1, 0.15) is 5.82 Å². The summed E-state index contributed by atoms with van der Waals surface area (Å²) >= 11 is 1.62. The molecule has 0 aromatic heterocycles. The first-order valence-electron chi connectivity index (χ1n) is 7.54. The van der Waals surface area contributed by atoms with Crippen LogP contribution in [0.3, 0.4) is 0 Å². The van der Waals surface area contributed by atoms with Gasteiger partial charge in [0, 0.05) is 6.54 Å². The molecule has 1 aliphatic heterocycles. The van der Waals surface area contributed by atoms with Gasteiger partial charge in [-0.1, -0.05) is 19.1 Å². The zero-order valence-electron chi connectivity index (χ0n) is 12.5. The minimum Gasteiger partial charge on any atom is -0.353 e. The smallest absolute Gasteiger partial charge is 0.230 e. The van der Waals surface area contributed by atoms with Crippen LogP contribution in [0.15, 0.2) is 24.3 Å². The molecule has 1 N–H and O–H groups in total. The van der Waals surface area contributed by atoms with Gasteiger partial charge >= 0.3 is 0 Å². The van der Waals surface area contributed by atoms with Crippen molar-refractivity contribution in [3.8, 4) is 0 Å². The third-order valence-corrected chi connectivity index (χ3v) is 4.64. The number of carbonyl (C=O) groups is 1. The predicted octanol–water partition coefficient (Wildman–Crippen LogP) is 2.83. The van der Waals surface area contributed by atoms with Crippen LogP contribution >= 0.6 is 11.8 Å². The summed E-state index contributed by atoms with van der Waals surface area (Å²) in [6.07, 6.45) is 2.38. The molecule has 0 spiro atoms. The number of benzene rings is 1. The lowest BCUT2D eigenvalue weighted by Crippen LogP contribution is -2.37. The lowest BCUT2D eigenvalue weighted by Gasteiger charge is -2.28. The summed E-state index contributed by atoms with van der Waals surface area (Å²) in [5.41, 5.74) is 1.07. The fourth-order valence-electron chi connectivity index (χ4n) is 2.65. The van der Waals surface area contributed by atoms with Crippen LogP contribution in [0.1, 0.15) is 31.4 Å². The van der Waals surface area contributed by atoms with Crippen molar-refractivity contribution in [2.75, 3.05) is 31.1 Å². The second-order valence-corrected chi connectivity index (χ2v) is 6.53. The molecule has 1 atom stereocenters. The van der Waals surface area contributed by atoms with Crippen LogP contribution in [-0.4, -0.2) is 41.9 Å². The lowest BCUT2D eigenvalue weighted by molar-refractivity contribution is -0.118. The number of halogens is 1. The van der Waals surface area contributed by atoms with Crippen LogP contribution in [0.5, 0.6) is 0 Å². The van der Waals surface area contributed by atoms with Crippen LogP contribution in [-0.2, 0) is 4.79 Å². The number of hydrogen-bond donors (Lipinski definition) is 1. The molecule has 1 fully saturated rings. The monoisotopic (exact) mass is 310 g/mol. The molecule has 0 aliphatic carbocycles. The third-order valence-electron chi connectivity index (χ3n) is 3.77. The van der Waals surface area contributed by atoms with E-state index in [4.69, 9.17) is 0 Å². The van der Waals surface area contributed by atoms with E-state index in [0.29, 0.717) is 12.3 Å². The van der Waals surface area contributed by atoms with Crippen molar-refractivity contribution in [1.82, 2.24) is 10.2 Å². The fraction of sp³-hybridized carbons (Fsp3) is 0.562. The van der Waals surface area contributed by atoms with Gasteiger partial charge in [-0.05, 0) is 49.4 Å². The standard InChI is InChI=1S/C16H23FN2OS/c1-2-21-12-16(20)18-11-15(19-9-3-4-10-19)13-5-7-14(17)8-6-13/h5-8,15H,2-4,9-12H2,1H3,(H,18,20)/t15-/m1/s1. The molecular weight excluding hydrogens is 287 g/mol. The van der Waals surface area contributed by atoms with Crippen molar-refractivity contribution < 1.29 is 9.18 Å². The van der Waals surface area contributed by atoms with Gasteiger partial charge in [0.05, 0.1) is 11.8 Å². The van der Waals surface area contributed by atoms with Gasteiger partial charge in [-0.3, -0.25) is 9.69 Å². The number of nitrogens with zero attached hydrogens (tertiary/aromatic N) is 1. The molecule has 1 aromatic carbocycles. The topological polar surface area (TPSA) is 32.3 Å². The van der Waals surface area contributed by atoms with Gasteiger partial charge in [-0.25, -0.2) is 4.39 Å². The molecule has 0 unspecified atom stereocenters. The summed E-state index contributed by atoms with van der Waals surface area (Å²) < 4.78 is 13.1.